The molecular weight excluding hydrogens is 260 g/mol. The Labute approximate surface area is 117 Å². The van der Waals surface area contributed by atoms with Crippen LogP contribution < -0.4 is 10.1 Å². The number of aromatic nitrogens is 1. The van der Waals surface area contributed by atoms with Crippen LogP contribution in [-0.4, -0.2) is 23.7 Å². The van der Waals surface area contributed by atoms with Crippen LogP contribution in [0.2, 0.25) is 0 Å². The summed E-state index contributed by atoms with van der Waals surface area (Å²) in [6.45, 7) is 5.14. The lowest BCUT2D eigenvalue weighted by molar-refractivity contribution is 0.373. The summed E-state index contributed by atoms with van der Waals surface area (Å²) in [5.74, 6) is 0.609. The zero-order valence-electron chi connectivity index (χ0n) is 11.3. The topological polar surface area (TPSA) is 54.4 Å². The quantitative estimate of drug-likeness (QED) is 0.882. The molecule has 19 heavy (non-hydrogen) atoms. The number of hydrogen-bond donors (Lipinski definition) is 2. The normalized spacial score (nSPS) is 12.4. The second kappa shape index (κ2) is 6.04. The summed E-state index contributed by atoms with van der Waals surface area (Å²) in [6, 6.07) is 5.58. The Balaban J connectivity index is 2.27. The summed E-state index contributed by atoms with van der Waals surface area (Å²) in [4.78, 5) is 5.63. The fraction of sp³-hybridized carbons (Fsp3) is 0.357. The van der Waals surface area contributed by atoms with E-state index in [-0.39, 0.29) is 5.75 Å². The van der Waals surface area contributed by atoms with Crippen molar-refractivity contribution in [3.8, 4) is 22.1 Å². The monoisotopic (exact) mass is 278 g/mol. The summed E-state index contributed by atoms with van der Waals surface area (Å²) >= 11 is 1.65. The lowest BCUT2D eigenvalue weighted by Gasteiger charge is -2.08. The Kier molecular flexibility index (Phi) is 4.39. The number of benzene rings is 1. The molecule has 0 saturated carbocycles. The van der Waals surface area contributed by atoms with E-state index in [1.54, 1.807) is 30.6 Å². The van der Waals surface area contributed by atoms with Crippen LogP contribution in [0.25, 0.3) is 10.6 Å². The first-order valence-electron chi connectivity index (χ1n) is 6.22. The molecule has 0 aliphatic heterocycles. The molecule has 0 fully saturated rings. The minimum absolute atomic E-state index is 0.143. The third-order valence-electron chi connectivity index (χ3n) is 2.89. The number of aromatic hydroxyl groups is 1. The van der Waals surface area contributed by atoms with E-state index in [1.807, 2.05) is 12.3 Å². The van der Waals surface area contributed by atoms with E-state index in [1.165, 1.54) is 4.88 Å². The predicted octanol–water partition coefficient (Wildman–Crippen LogP) is 3.19. The molecule has 2 aromatic rings. The zero-order chi connectivity index (χ0) is 13.8. The van der Waals surface area contributed by atoms with Gasteiger partial charge in [-0.3, -0.25) is 0 Å². The summed E-state index contributed by atoms with van der Waals surface area (Å²) in [5.41, 5.74) is 0.953. The van der Waals surface area contributed by atoms with Crippen LogP contribution in [0.5, 0.6) is 11.5 Å². The maximum absolute atomic E-state index is 9.59. The number of nitrogens with one attached hydrogen (secondary N) is 1. The van der Waals surface area contributed by atoms with Crippen LogP contribution in [0, 0.1) is 0 Å². The van der Waals surface area contributed by atoms with Crippen LogP contribution in [0.4, 0.5) is 0 Å². The van der Waals surface area contributed by atoms with Gasteiger partial charge in [-0.05, 0) is 31.7 Å². The Bertz CT molecular complexity index is 554. The highest BCUT2D eigenvalue weighted by atomic mass is 32.1. The van der Waals surface area contributed by atoms with Crippen molar-refractivity contribution in [2.45, 2.75) is 19.9 Å². The molecule has 2 rings (SSSR count). The minimum atomic E-state index is 0.143. The molecule has 1 unspecified atom stereocenters. The van der Waals surface area contributed by atoms with Crippen LogP contribution in [-0.2, 0) is 0 Å². The third kappa shape index (κ3) is 3.05. The summed E-state index contributed by atoms with van der Waals surface area (Å²) < 4.78 is 5.11. The van der Waals surface area contributed by atoms with Gasteiger partial charge in [0.05, 0.1) is 7.11 Å². The molecule has 0 saturated heterocycles. The number of methoxy groups -OCH3 is 1. The molecule has 0 bridgehead atoms. The number of hydrogen-bond acceptors (Lipinski definition) is 5. The highest BCUT2D eigenvalue weighted by Crippen LogP contribution is 2.34. The van der Waals surface area contributed by atoms with E-state index in [2.05, 4.69) is 24.1 Å². The van der Waals surface area contributed by atoms with Gasteiger partial charge in [-0.25, -0.2) is 4.98 Å². The Morgan fingerprint density at radius 2 is 2.26 bits per heavy atom. The molecule has 2 N–H and O–H groups in total. The van der Waals surface area contributed by atoms with Gasteiger partial charge in [-0.1, -0.05) is 6.92 Å². The Morgan fingerprint density at radius 1 is 1.47 bits per heavy atom. The minimum Gasteiger partial charge on any atom is -0.504 e. The van der Waals surface area contributed by atoms with E-state index < -0.39 is 0 Å². The molecule has 5 heteroatoms. The second-order valence-electron chi connectivity index (χ2n) is 4.23. The number of thiazole rings is 1. The molecule has 4 nitrogen and oxygen atoms in total. The average molecular weight is 278 g/mol. The van der Waals surface area contributed by atoms with E-state index in [0.29, 0.717) is 11.8 Å². The largest absolute Gasteiger partial charge is 0.504 e. The first kappa shape index (κ1) is 13.8. The van der Waals surface area contributed by atoms with Gasteiger partial charge in [0.15, 0.2) is 11.5 Å². The lowest BCUT2D eigenvalue weighted by Crippen LogP contribution is -2.16. The van der Waals surface area contributed by atoms with Gasteiger partial charge in [-0.15, -0.1) is 11.3 Å². The van der Waals surface area contributed by atoms with E-state index in [4.69, 9.17) is 4.74 Å². The number of phenols is 1. The van der Waals surface area contributed by atoms with Gasteiger partial charge >= 0.3 is 0 Å². The first-order valence-corrected chi connectivity index (χ1v) is 7.03. The standard InChI is InChI=1S/C14H18N2O2S/c1-4-15-9(2)13-8-16-14(19-13)10-5-6-11(17)12(7-10)18-3/h5-9,15,17H,4H2,1-3H3. The average Bonchev–Trinajstić information content (AvgIpc) is 2.89. The van der Waals surface area contributed by atoms with Crippen LogP contribution >= 0.6 is 11.3 Å². The van der Waals surface area contributed by atoms with E-state index in [9.17, 15) is 5.11 Å². The molecule has 0 radical (unpaired) electrons. The molecule has 1 aromatic heterocycles. The maximum Gasteiger partial charge on any atom is 0.161 e. The predicted molar refractivity (Wildman–Crippen MR) is 77.9 cm³/mol. The van der Waals surface area contributed by atoms with Crippen molar-refractivity contribution in [3.05, 3.63) is 29.3 Å². The molecule has 0 amide bonds. The van der Waals surface area contributed by atoms with Crippen LogP contribution in [0.15, 0.2) is 24.4 Å². The van der Waals surface area contributed by atoms with Crippen LogP contribution in [0.3, 0.4) is 0 Å². The van der Waals surface area contributed by atoms with Crippen molar-refractivity contribution in [1.29, 1.82) is 0 Å². The molecule has 1 atom stereocenters. The number of nitrogens with zero attached hydrogens (tertiary/aromatic N) is 1. The van der Waals surface area contributed by atoms with Crippen molar-refractivity contribution in [3.63, 3.8) is 0 Å². The highest BCUT2D eigenvalue weighted by Gasteiger charge is 2.11. The van der Waals surface area contributed by atoms with Gasteiger partial charge in [0.25, 0.3) is 0 Å². The molecule has 1 aromatic carbocycles. The zero-order valence-corrected chi connectivity index (χ0v) is 12.1. The number of rotatable bonds is 5. The van der Waals surface area contributed by atoms with Crippen molar-refractivity contribution in [1.82, 2.24) is 10.3 Å². The Hall–Kier alpha value is -1.59. The fourth-order valence-corrected chi connectivity index (χ4v) is 2.78. The van der Waals surface area contributed by atoms with Gasteiger partial charge in [0.2, 0.25) is 0 Å². The van der Waals surface area contributed by atoms with Gasteiger partial charge in [0.1, 0.15) is 5.01 Å². The van der Waals surface area contributed by atoms with Crippen molar-refractivity contribution >= 4 is 11.3 Å². The van der Waals surface area contributed by atoms with Crippen molar-refractivity contribution < 1.29 is 9.84 Å². The molecule has 1 heterocycles. The number of ether oxygens (including phenoxy) is 1. The third-order valence-corrected chi connectivity index (χ3v) is 4.12. The molecular formula is C14H18N2O2S. The van der Waals surface area contributed by atoms with E-state index in [0.717, 1.165) is 17.1 Å². The SMILES string of the molecule is CCNC(C)c1cnc(-c2ccc(O)c(OC)c2)s1. The smallest absolute Gasteiger partial charge is 0.161 e. The molecule has 102 valence electrons. The molecule has 0 aliphatic carbocycles. The van der Waals surface area contributed by atoms with Crippen molar-refractivity contribution in [2.24, 2.45) is 0 Å². The highest BCUT2D eigenvalue weighted by molar-refractivity contribution is 7.15. The molecule has 0 aliphatic rings. The van der Waals surface area contributed by atoms with Gasteiger partial charge < -0.3 is 15.2 Å². The summed E-state index contributed by atoms with van der Waals surface area (Å²) in [5, 5.41) is 13.9. The molecule has 0 spiro atoms. The fourth-order valence-electron chi connectivity index (χ4n) is 1.84. The van der Waals surface area contributed by atoms with Crippen molar-refractivity contribution in [2.75, 3.05) is 13.7 Å². The maximum atomic E-state index is 9.59. The van der Waals surface area contributed by atoms with Gasteiger partial charge in [0, 0.05) is 22.7 Å². The summed E-state index contributed by atoms with van der Waals surface area (Å²) in [7, 11) is 1.54. The lowest BCUT2D eigenvalue weighted by atomic mass is 10.2. The first-order chi connectivity index (χ1) is 9.15. The second-order valence-corrected chi connectivity index (χ2v) is 5.30. The number of phenolic OH excluding ortho intramolecular Hbond substituents is 1. The summed E-state index contributed by atoms with van der Waals surface area (Å²) in [6.07, 6.45) is 1.90. The van der Waals surface area contributed by atoms with Crippen LogP contribution in [0.1, 0.15) is 24.8 Å². The van der Waals surface area contributed by atoms with Gasteiger partial charge in [-0.2, -0.15) is 0 Å². The Morgan fingerprint density at radius 3 is 2.95 bits per heavy atom. The van der Waals surface area contributed by atoms with E-state index >= 15 is 0 Å².